The van der Waals surface area contributed by atoms with Crippen LogP contribution in [-0.4, -0.2) is 23.6 Å². The standard InChI is InChI=1S/C5H7NOS/c7-4-5-6-2-1-3-8-5/h4H,1-3H2. The lowest BCUT2D eigenvalue weighted by Gasteiger charge is -2.03. The molecule has 0 spiro atoms. The molecule has 0 aromatic heterocycles. The molecule has 0 aromatic rings. The SMILES string of the molecule is O=CC1=NCCCS1. The molecular weight excluding hydrogens is 122 g/mol. The molecule has 8 heavy (non-hydrogen) atoms. The van der Waals surface area contributed by atoms with Gasteiger partial charge in [-0.05, 0) is 6.42 Å². The van der Waals surface area contributed by atoms with E-state index in [2.05, 4.69) is 4.99 Å². The van der Waals surface area contributed by atoms with Gasteiger partial charge in [0.2, 0.25) is 0 Å². The van der Waals surface area contributed by atoms with Crippen LogP contribution in [0.1, 0.15) is 6.42 Å². The first kappa shape index (κ1) is 5.82. The van der Waals surface area contributed by atoms with Crippen LogP contribution in [0.15, 0.2) is 4.99 Å². The Labute approximate surface area is 52.4 Å². The minimum atomic E-state index is 0.663. The zero-order chi connectivity index (χ0) is 5.82. The van der Waals surface area contributed by atoms with Crippen molar-refractivity contribution in [3.05, 3.63) is 0 Å². The average Bonchev–Trinajstić information content (AvgIpc) is 1.90. The van der Waals surface area contributed by atoms with Gasteiger partial charge in [-0.3, -0.25) is 9.79 Å². The van der Waals surface area contributed by atoms with Gasteiger partial charge in [0.05, 0.1) is 0 Å². The van der Waals surface area contributed by atoms with Crippen molar-refractivity contribution in [2.24, 2.45) is 4.99 Å². The molecule has 0 bridgehead atoms. The van der Waals surface area contributed by atoms with Gasteiger partial charge < -0.3 is 0 Å². The molecule has 0 radical (unpaired) electrons. The van der Waals surface area contributed by atoms with Crippen LogP contribution >= 0.6 is 11.8 Å². The topological polar surface area (TPSA) is 29.4 Å². The van der Waals surface area contributed by atoms with E-state index in [9.17, 15) is 4.79 Å². The van der Waals surface area contributed by atoms with Crippen LogP contribution in [0, 0.1) is 0 Å². The van der Waals surface area contributed by atoms with Gasteiger partial charge in [0.25, 0.3) is 0 Å². The fourth-order valence-electron chi connectivity index (χ4n) is 0.547. The van der Waals surface area contributed by atoms with Gasteiger partial charge >= 0.3 is 0 Å². The number of carbonyl (C=O) groups excluding carboxylic acids is 1. The molecule has 2 nitrogen and oxygen atoms in total. The molecule has 44 valence electrons. The van der Waals surface area contributed by atoms with Gasteiger partial charge in [0, 0.05) is 12.3 Å². The smallest absolute Gasteiger partial charge is 0.174 e. The van der Waals surface area contributed by atoms with Crippen LogP contribution in [0.4, 0.5) is 0 Å². The summed E-state index contributed by atoms with van der Waals surface area (Å²) < 4.78 is 0. The van der Waals surface area contributed by atoms with Crippen LogP contribution < -0.4 is 0 Å². The van der Waals surface area contributed by atoms with Crippen molar-refractivity contribution in [2.45, 2.75) is 6.42 Å². The van der Waals surface area contributed by atoms with E-state index in [4.69, 9.17) is 0 Å². The number of aliphatic imine (C=N–C) groups is 1. The molecule has 0 unspecified atom stereocenters. The molecule has 1 heterocycles. The summed E-state index contributed by atoms with van der Waals surface area (Å²) in [5.41, 5.74) is 0. The molecule has 0 aromatic carbocycles. The van der Waals surface area contributed by atoms with Gasteiger partial charge in [-0.15, -0.1) is 11.8 Å². The Balaban J connectivity index is 2.49. The van der Waals surface area contributed by atoms with Crippen LogP contribution in [0.5, 0.6) is 0 Å². The van der Waals surface area contributed by atoms with Crippen LogP contribution in [0.25, 0.3) is 0 Å². The molecule has 0 aliphatic carbocycles. The first-order chi connectivity index (χ1) is 3.93. The molecule has 0 saturated carbocycles. The Hall–Kier alpha value is -0.310. The van der Waals surface area contributed by atoms with Crippen LogP contribution in [0.2, 0.25) is 0 Å². The summed E-state index contributed by atoms with van der Waals surface area (Å²) in [5.74, 6) is 1.05. The second-order valence-electron chi connectivity index (χ2n) is 1.54. The quantitative estimate of drug-likeness (QED) is 0.488. The molecule has 0 saturated heterocycles. The van der Waals surface area contributed by atoms with Gasteiger partial charge in [-0.25, -0.2) is 0 Å². The maximum Gasteiger partial charge on any atom is 0.174 e. The van der Waals surface area contributed by atoms with E-state index in [0.717, 1.165) is 25.0 Å². The highest BCUT2D eigenvalue weighted by Crippen LogP contribution is 2.09. The summed E-state index contributed by atoms with van der Waals surface area (Å²) in [6.45, 7) is 0.834. The van der Waals surface area contributed by atoms with E-state index in [1.165, 1.54) is 0 Å². The number of nitrogens with zero attached hydrogens (tertiary/aromatic N) is 1. The molecule has 1 aliphatic heterocycles. The second kappa shape index (κ2) is 2.87. The highest BCUT2D eigenvalue weighted by molar-refractivity contribution is 8.15. The minimum Gasteiger partial charge on any atom is -0.296 e. The van der Waals surface area contributed by atoms with Crippen LogP contribution in [-0.2, 0) is 4.79 Å². The molecule has 1 aliphatic rings. The van der Waals surface area contributed by atoms with Crippen molar-refractivity contribution < 1.29 is 4.79 Å². The van der Waals surface area contributed by atoms with E-state index in [0.29, 0.717) is 5.04 Å². The predicted molar refractivity (Wildman–Crippen MR) is 35.4 cm³/mol. The Kier molecular flexibility index (Phi) is 2.09. The van der Waals surface area contributed by atoms with Crippen molar-refractivity contribution in [1.82, 2.24) is 0 Å². The largest absolute Gasteiger partial charge is 0.296 e. The summed E-state index contributed by atoms with van der Waals surface area (Å²) in [6, 6.07) is 0. The molecule has 0 N–H and O–H groups in total. The minimum absolute atomic E-state index is 0.663. The molecular formula is C5H7NOS. The number of hydrogen-bond acceptors (Lipinski definition) is 3. The van der Waals surface area contributed by atoms with Gasteiger partial charge in [-0.2, -0.15) is 0 Å². The van der Waals surface area contributed by atoms with Gasteiger partial charge in [0.15, 0.2) is 6.29 Å². The average molecular weight is 129 g/mol. The number of aldehydes is 1. The molecule has 3 heteroatoms. The van der Waals surface area contributed by atoms with E-state index < -0.39 is 0 Å². The van der Waals surface area contributed by atoms with E-state index in [-0.39, 0.29) is 0 Å². The number of thioether (sulfide) groups is 1. The zero-order valence-electron chi connectivity index (χ0n) is 4.46. The number of rotatable bonds is 1. The van der Waals surface area contributed by atoms with Crippen molar-refractivity contribution in [2.75, 3.05) is 12.3 Å². The lowest BCUT2D eigenvalue weighted by Crippen LogP contribution is -2.03. The Morgan fingerprint density at radius 1 is 1.75 bits per heavy atom. The van der Waals surface area contributed by atoms with Crippen LogP contribution in [0.3, 0.4) is 0 Å². The number of hydrogen-bond donors (Lipinski definition) is 0. The Bertz CT molecular complexity index is 122. The maximum atomic E-state index is 10.0. The normalized spacial score (nSPS) is 19.8. The second-order valence-corrected chi connectivity index (χ2v) is 2.66. The lowest BCUT2D eigenvalue weighted by atomic mass is 10.5. The Morgan fingerprint density at radius 2 is 2.62 bits per heavy atom. The van der Waals surface area contributed by atoms with Gasteiger partial charge in [-0.1, -0.05) is 0 Å². The highest BCUT2D eigenvalue weighted by atomic mass is 32.2. The monoisotopic (exact) mass is 129 g/mol. The molecule has 0 fully saturated rings. The molecule has 0 amide bonds. The van der Waals surface area contributed by atoms with E-state index in [1.54, 1.807) is 11.8 Å². The summed E-state index contributed by atoms with van der Waals surface area (Å²) in [6.07, 6.45) is 1.94. The first-order valence-electron chi connectivity index (χ1n) is 2.56. The molecule has 0 atom stereocenters. The third-order valence-corrected chi connectivity index (χ3v) is 1.93. The fourth-order valence-corrected chi connectivity index (χ4v) is 1.28. The maximum absolute atomic E-state index is 10.0. The third kappa shape index (κ3) is 1.33. The predicted octanol–water partition coefficient (Wildman–Crippen LogP) is 0.721. The van der Waals surface area contributed by atoms with E-state index >= 15 is 0 Å². The summed E-state index contributed by atoms with van der Waals surface area (Å²) in [5, 5.41) is 0.663. The number of carbonyl (C=O) groups is 1. The van der Waals surface area contributed by atoms with E-state index in [1.807, 2.05) is 0 Å². The van der Waals surface area contributed by atoms with Crippen molar-refractivity contribution in [3.63, 3.8) is 0 Å². The summed E-state index contributed by atoms with van der Waals surface area (Å²) in [7, 11) is 0. The van der Waals surface area contributed by atoms with Crippen molar-refractivity contribution >= 4 is 23.1 Å². The van der Waals surface area contributed by atoms with Crippen molar-refractivity contribution in [1.29, 1.82) is 0 Å². The van der Waals surface area contributed by atoms with Gasteiger partial charge in [0.1, 0.15) is 5.04 Å². The molecule has 1 rings (SSSR count). The summed E-state index contributed by atoms with van der Waals surface area (Å²) in [4.78, 5) is 14.0. The highest BCUT2D eigenvalue weighted by Gasteiger charge is 2.01. The summed E-state index contributed by atoms with van der Waals surface area (Å²) >= 11 is 1.55. The fraction of sp³-hybridized carbons (Fsp3) is 0.600. The Morgan fingerprint density at radius 3 is 3.00 bits per heavy atom. The first-order valence-corrected chi connectivity index (χ1v) is 3.54. The zero-order valence-corrected chi connectivity index (χ0v) is 5.28. The third-order valence-electron chi connectivity index (χ3n) is 0.921. The lowest BCUT2D eigenvalue weighted by molar-refractivity contribution is -0.102. The van der Waals surface area contributed by atoms with Crippen molar-refractivity contribution in [3.8, 4) is 0 Å².